The second-order valence-corrected chi connectivity index (χ2v) is 5.05. The van der Waals surface area contributed by atoms with Crippen molar-refractivity contribution in [2.24, 2.45) is 0 Å². The van der Waals surface area contributed by atoms with Crippen molar-refractivity contribution < 1.29 is 0 Å². The van der Waals surface area contributed by atoms with E-state index in [9.17, 15) is 0 Å². The third kappa shape index (κ3) is 2.12. The van der Waals surface area contributed by atoms with Crippen LogP contribution in [0.1, 0.15) is 13.3 Å². The molecule has 4 heteroatoms. The van der Waals surface area contributed by atoms with Gasteiger partial charge in [-0.2, -0.15) is 0 Å². The van der Waals surface area contributed by atoms with Crippen LogP contribution >= 0.6 is 27.7 Å². The zero-order chi connectivity index (χ0) is 9.97. The first-order valence-corrected chi connectivity index (χ1v) is 6.35. The van der Waals surface area contributed by atoms with Crippen molar-refractivity contribution in [3.63, 3.8) is 0 Å². The first kappa shape index (κ1) is 10.1. The van der Waals surface area contributed by atoms with Gasteiger partial charge in [-0.3, -0.25) is 0 Å². The second-order valence-electron chi connectivity index (χ2n) is 3.05. The van der Waals surface area contributed by atoms with Crippen molar-refractivity contribution in [2.75, 3.05) is 5.75 Å². The number of hydrogen-bond acceptors (Lipinski definition) is 2. The molecule has 1 aromatic carbocycles. The van der Waals surface area contributed by atoms with Gasteiger partial charge in [0, 0.05) is 10.2 Å². The Morgan fingerprint density at radius 2 is 2.36 bits per heavy atom. The van der Waals surface area contributed by atoms with Crippen molar-refractivity contribution >= 4 is 38.7 Å². The Morgan fingerprint density at radius 1 is 1.50 bits per heavy atom. The summed E-state index contributed by atoms with van der Waals surface area (Å²) in [6.45, 7) is 2.17. The van der Waals surface area contributed by atoms with E-state index < -0.39 is 0 Å². The summed E-state index contributed by atoms with van der Waals surface area (Å²) in [6, 6.07) is 6.09. The summed E-state index contributed by atoms with van der Waals surface area (Å²) in [5.41, 5.74) is 2.13. The van der Waals surface area contributed by atoms with Crippen molar-refractivity contribution in [1.82, 2.24) is 9.97 Å². The molecule has 14 heavy (non-hydrogen) atoms. The zero-order valence-corrected chi connectivity index (χ0v) is 10.3. The molecule has 0 saturated heterocycles. The summed E-state index contributed by atoms with van der Waals surface area (Å²) < 4.78 is 1.08. The molecule has 0 aliphatic rings. The molecule has 1 N–H and O–H groups in total. The van der Waals surface area contributed by atoms with Gasteiger partial charge in [-0.25, -0.2) is 4.98 Å². The van der Waals surface area contributed by atoms with E-state index in [2.05, 4.69) is 38.9 Å². The number of nitrogens with zero attached hydrogens (tertiary/aromatic N) is 1. The number of benzene rings is 1. The van der Waals surface area contributed by atoms with Gasteiger partial charge in [-0.1, -0.05) is 34.6 Å². The minimum Gasteiger partial charge on any atom is -0.333 e. The van der Waals surface area contributed by atoms with Crippen molar-refractivity contribution in [3.8, 4) is 0 Å². The van der Waals surface area contributed by atoms with Gasteiger partial charge < -0.3 is 4.98 Å². The maximum Gasteiger partial charge on any atom is 0.166 e. The number of aromatic amines is 1. The molecule has 0 atom stereocenters. The number of imidazole rings is 1. The fraction of sp³-hybridized carbons (Fsp3) is 0.300. The van der Waals surface area contributed by atoms with Crippen LogP contribution in [0, 0.1) is 0 Å². The molecule has 74 valence electrons. The average Bonchev–Trinajstić information content (AvgIpc) is 2.56. The van der Waals surface area contributed by atoms with Crippen LogP contribution in [0.25, 0.3) is 11.0 Å². The lowest BCUT2D eigenvalue weighted by molar-refractivity contribution is 1.05. The number of nitrogens with one attached hydrogen (secondary N) is 1. The van der Waals surface area contributed by atoms with Gasteiger partial charge in [0.25, 0.3) is 0 Å². The van der Waals surface area contributed by atoms with Crippen LogP contribution in [0.5, 0.6) is 0 Å². The lowest BCUT2D eigenvalue weighted by atomic mass is 10.3. The Labute approximate surface area is 95.6 Å². The highest BCUT2D eigenvalue weighted by Crippen LogP contribution is 2.22. The van der Waals surface area contributed by atoms with Crippen molar-refractivity contribution in [3.05, 3.63) is 22.7 Å². The molecular formula is C10H11BrN2S. The van der Waals surface area contributed by atoms with Gasteiger partial charge in [0.1, 0.15) is 0 Å². The summed E-state index contributed by atoms with van der Waals surface area (Å²) in [6.07, 6.45) is 1.17. The Balaban J connectivity index is 2.32. The van der Waals surface area contributed by atoms with Crippen LogP contribution in [-0.4, -0.2) is 15.7 Å². The molecule has 0 spiro atoms. The summed E-state index contributed by atoms with van der Waals surface area (Å²) in [5.74, 6) is 1.11. The molecule has 0 amide bonds. The highest BCUT2D eigenvalue weighted by atomic mass is 79.9. The molecule has 2 rings (SSSR count). The van der Waals surface area contributed by atoms with Gasteiger partial charge >= 0.3 is 0 Å². The number of rotatable bonds is 3. The van der Waals surface area contributed by atoms with Crippen molar-refractivity contribution in [1.29, 1.82) is 0 Å². The van der Waals surface area contributed by atoms with Crippen LogP contribution in [0.15, 0.2) is 27.8 Å². The molecule has 0 unspecified atom stereocenters. The van der Waals surface area contributed by atoms with Crippen LogP contribution in [0.4, 0.5) is 0 Å². The fourth-order valence-electron chi connectivity index (χ4n) is 1.23. The van der Waals surface area contributed by atoms with Gasteiger partial charge in [0.15, 0.2) is 5.16 Å². The van der Waals surface area contributed by atoms with E-state index in [1.165, 1.54) is 6.42 Å². The van der Waals surface area contributed by atoms with E-state index in [1.807, 2.05) is 12.1 Å². The monoisotopic (exact) mass is 270 g/mol. The number of H-pyrrole nitrogens is 1. The maximum absolute atomic E-state index is 4.48. The minimum atomic E-state index is 1.01. The fourth-order valence-corrected chi connectivity index (χ4v) is 2.33. The molecule has 1 aromatic heterocycles. The Kier molecular flexibility index (Phi) is 3.13. The minimum absolute atomic E-state index is 1.01. The number of aromatic nitrogens is 2. The Morgan fingerprint density at radius 3 is 3.14 bits per heavy atom. The first-order chi connectivity index (χ1) is 6.79. The standard InChI is InChI=1S/C10H11BrN2S/c1-2-5-14-10-12-8-4-3-7(11)6-9(8)13-10/h3-4,6H,2,5H2,1H3,(H,12,13). The van der Waals surface area contributed by atoms with Crippen LogP contribution in [0.3, 0.4) is 0 Å². The normalized spacial score (nSPS) is 11.0. The highest BCUT2D eigenvalue weighted by Gasteiger charge is 2.02. The lowest BCUT2D eigenvalue weighted by Crippen LogP contribution is -1.76. The van der Waals surface area contributed by atoms with E-state index in [0.29, 0.717) is 0 Å². The molecule has 2 nitrogen and oxygen atoms in total. The Bertz CT molecular complexity index is 439. The number of halogens is 1. The predicted octanol–water partition coefficient (Wildman–Crippen LogP) is 3.83. The number of thioether (sulfide) groups is 1. The largest absolute Gasteiger partial charge is 0.333 e. The average molecular weight is 271 g/mol. The second kappa shape index (κ2) is 4.36. The molecular weight excluding hydrogens is 260 g/mol. The summed E-state index contributed by atoms with van der Waals surface area (Å²) in [4.78, 5) is 7.77. The Hall–Kier alpha value is -0.480. The van der Waals surface area contributed by atoms with E-state index in [-0.39, 0.29) is 0 Å². The third-order valence-corrected chi connectivity index (χ3v) is 3.44. The van der Waals surface area contributed by atoms with Gasteiger partial charge in [-0.05, 0) is 24.6 Å². The smallest absolute Gasteiger partial charge is 0.166 e. The molecule has 0 aliphatic carbocycles. The first-order valence-electron chi connectivity index (χ1n) is 4.57. The summed E-state index contributed by atoms with van der Waals surface area (Å²) in [7, 11) is 0. The molecule has 0 radical (unpaired) electrons. The number of fused-ring (bicyclic) bond motifs is 1. The van der Waals surface area contributed by atoms with E-state index >= 15 is 0 Å². The quantitative estimate of drug-likeness (QED) is 0.859. The number of hydrogen-bond donors (Lipinski definition) is 1. The lowest BCUT2D eigenvalue weighted by Gasteiger charge is -1.90. The highest BCUT2D eigenvalue weighted by molar-refractivity contribution is 9.10. The van der Waals surface area contributed by atoms with Gasteiger partial charge in [0.2, 0.25) is 0 Å². The van der Waals surface area contributed by atoms with Gasteiger partial charge in [-0.15, -0.1) is 0 Å². The van der Waals surface area contributed by atoms with Crippen LogP contribution in [0.2, 0.25) is 0 Å². The SMILES string of the molecule is CCCSc1nc2ccc(Br)cc2[nH]1. The van der Waals surface area contributed by atoms with E-state index in [0.717, 1.165) is 26.4 Å². The van der Waals surface area contributed by atoms with E-state index in [4.69, 9.17) is 0 Å². The molecule has 2 aromatic rings. The molecule has 0 aliphatic heterocycles. The van der Waals surface area contributed by atoms with Crippen LogP contribution < -0.4 is 0 Å². The van der Waals surface area contributed by atoms with Crippen LogP contribution in [-0.2, 0) is 0 Å². The molecule has 0 fully saturated rings. The predicted molar refractivity (Wildman–Crippen MR) is 64.8 cm³/mol. The maximum atomic E-state index is 4.48. The molecule has 0 bridgehead atoms. The summed E-state index contributed by atoms with van der Waals surface area (Å²) >= 11 is 5.21. The topological polar surface area (TPSA) is 28.7 Å². The van der Waals surface area contributed by atoms with Gasteiger partial charge in [0.05, 0.1) is 11.0 Å². The zero-order valence-electron chi connectivity index (χ0n) is 7.88. The van der Waals surface area contributed by atoms with E-state index in [1.54, 1.807) is 11.8 Å². The third-order valence-electron chi connectivity index (χ3n) is 1.87. The molecule has 1 heterocycles. The summed E-state index contributed by atoms with van der Waals surface area (Å²) in [5, 5.41) is 1.01. The molecule has 0 saturated carbocycles. The van der Waals surface area contributed by atoms with Crippen molar-refractivity contribution in [2.45, 2.75) is 18.5 Å².